The molecule has 4 nitrogen and oxygen atoms in total. The van der Waals surface area contributed by atoms with Crippen LogP contribution in [0.5, 0.6) is 5.75 Å². The number of hydrogen-bond donors (Lipinski definition) is 1. The molecule has 0 saturated carbocycles. The zero-order valence-electron chi connectivity index (χ0n) is 12.8. The number of ether oxygens (including phenoxy) is 1. The standard InChI is InChI=1S/C18H14F2N2O2/c1-11-10-13(12-6-2-3-7-14(12)21-11)17(23)22-15-8-4-5-9-16(15)24-18(19)20/h2-10,18H,1H3,(H,22,23). The molecule has 3 aromatic rings. The Labute approximate surface area is 137 Å². The third-order valence-electron chi connectivity index (χ3n) is 3.44. The van der Waals surface area contributed by atoms with Crippen LogP contribution in [0.1, 0.15) is 16.1 Å². The van der Waals surface area contributed by atoms with Crippen LogP contribution >= 0.6 is 0 Å². The average molecular weight is 328 g/mol. The van der Waals surface area contributed by atoms with Crippen molar-refractivity contribution >= 4 is 22.5 Å². The molecule has 0 aliphatic heterocycles. The van der Waals surface area contributed by atoms with E-state index in [1.807, 2.05) is 18.2 Å². The molecule has 24 heavy (non-hydrogen) atoms. The summed E-state index contributed by atoms with van der Waals surface area (Å²) in [5.41, 5.74) is 1.99. The number of halogens is 2. The van der Waals surface area contributed by atoms with E-state index in [0.717, 1.165) is 0 Å². The van der Waals surface area contributed by atoms with Gasteiger partial charge in [-0.15, -0.1) is 0 Å². The minimum Gasteiger partial charge on any atom is -0.433 e. The third-order valence-corrected chi connectivity index (χ3v) is 3.44. The van der Waals surface area contributed by atoms with E-state index in [0.29, 0.717) is 22.2 Å². The molecule has 0 aliphatic rings. The number of alkyl halides is 2. The number of amides is 1. The van der Waals surface area contributed by atoms with Crippen molar-refractivity contribution in [3.05, 3.63) is 65.9 Å². The van der Waals surface area contributed by atoms with Gasteiger partial charge in [-0.25, -0.2) is 0 Å². The van der Waals surface area contributed by atoms with Gasteiger partial charge in [0, 0.05) is 11.1 Å². The van der Waals surface area contributed by atoms with Crippen molar-refractivity contribution in [2.45, 2.75) is 13.5 Å². The number of nitrogens with one attached hydrogen (secondary N) is 1. The van der Waals surface area contributed by atoms with Crippen molar-refractivity contribution in [2.75, 3.05) is 5.32 Å². The third kappa shape index (κ3) is 3.32. The molecule has 0 bridgehead atoms. The number of hydrogen-bond acceptors (Lipinski definition) is 3. The zero-order chi connectivity index (χ0) is 17.1. The average Bonchev–Trinajstić information content (AvgIpc) is 2.55. The SMILES string of the molecule is Cc1cc(C(=O)Nc2ccccc2OC(F)F)c2ccccc2n1. The number of nitrogens with zero attached hydrogens (tertiary/aromatic N) is 1. The highest BCUT2D eigenvalue weighted by atomic mass is 19.3. The number of pyridine rings is 1. The maximum Gasteiger partial charge on any atom is 0.387 e. The highest BCUT2D eigenvalue weighted by Crippen LogP contribution is 2.27. The van der Waals surface area contributed by atoms with Gasteiger partial charge < -0.3 is 10.1 Å². The van der Waals surface area contributed by atoms with Crippen molar-refractivity contribution in [3.63, 3.8) is 0 Å². The Bertz CT molecular complexity index is 897. The summed E-state index contributed by atoms with van der Waals surface area (Å²) < 4.78 is 29.4. The van der Waals surface area contributed by atoms with Crippen molar-refractivity contribution in [1.29, 1.82) is 0 Å². The maximum atomic E-state index is 12.6. The van der Waals surface area contributed by atoms with Crippen LogP contribution in [-0.4, -0.2) is 17.5 Å². The lowest BCUT2D eigenvalue weighted by molar-refractivity contribution is -0.0493. The molecule has 122 valence electrons. The van der Waals surface area contributed by atoms with Gasteiger partial charge in [0.15, 0.2) is 0 Å². The molecule has 0 unspecified atom stereocenters. The Morgan fingerprint density at radius 3 is 2.62 bits per heavy atom. The van der Waals surface area contributed by atoms with Gasteiger partial charge in [0.05, 0.1) is 16.8 Å². The Balaban J connectivity index is 1.97. The summed E-state index contributed by atoms with van der Waals surface area (Å²) in [5.74, 6) is -0.502. The summed E-state index contributed by atoms with van der Waals surface area (Å²) in [4.78, 5) is 17.0. The number of aromatic nitrogens is 1. The molecule has 3 rings (SSSR count). The smallest absolute Gasteiger partial charge is 0.387 e. The van der Waals surface area contributed by atoms with Gasteiger partial charge in [0.25, 0.3) is 5.91 Å². The van der Waals surface area contributed by atoms with Crippen LogP contribution in [0.25, 0.3) is 10.9 Å². The van der Waals surface area contributed by atoms with E-state index in [1.165, 1.54) is 12.1 Å². The summed E-state index contributed by atoms with van der Waals surface area (Å²) in [5, 5.41) is 3.31. The largest absolute Gasteiger partial charge is 0.433 e. The molecule has 0 atom stereocenters. The molecule has 0 radical (unpaired) electrons. The van der Waals surface area contributed by atoms with Crippen LogP contribution < -0.4 is 10.1 Å². The van der Waals surface area contributed by atoms with Crippen molar-refractivity contribution in [2.24, 2.45) is 0 Å². The van der Waals surface area contributed by atoms with E-state index >= 15 is 0 Å². The zero-order valence-corrected chi connectivity index (χ0v) is 12.8. The lowest BCUT2D eigenvalue weighted by atomic mass is 10.1. The predicted octanol–water partition coefficient (Wildman–Crippen LogP) is 4.40. The van der Waals surface area contributed by atoms with Crippen LogP contribution in [0, 0.1) is 6.92 Å². The fourth-order valence-electron chi connectivity index (χ4n) is 2.45. The molecule has 1 amide bonds. The van der Waals surface area contributed by atoms with Gasteiger partial charge in [-0.2, -0.15) is 8.78 Å². The van der Waals surface area contributed by atoms with Gasteiger partial charge in [0.1, 0.15) is 5.75 Å². The van der Waals surface area contributed by atoms with Gasteiger partial charge in [0.2, 0.25) is 0 Å². The molecule has 2 aromatic carbocycles. The molecule has 0 aliphatic carbocycles. The predicted molar refractivity (Wildman–Crippen MR) is 87.5 cm³/mol. The molecule has 0 spiro atoms. The van der Waals surface area contributed by atoms with Gasteiger partial charge in [-0.3, -0.25) is 9.78 Å². The Hall–Kier alpha value is -3.02. The number of fused-ring (bicyclic) bond motifs is 1. The molecule has 1 N–H and O–H groups in total. The van der Waals surface area contributed by atoms with Crippen LogP contribution in [0.2, 0.25) is 0 Å². The minimum atomic E-state index is -2.97. The molecular formula is C18H14F2N2O2. The van der Waals surface area contributed by atoms with Crippen LogP contribution in [0.15, 0.2) is 54.6 Å². The van der Waals surface area contributed by atoms with Crippen LogP contribution in [0.4, 0.5) is 14.5 Å². The van der Waals surface area contributed by atoms with E-state index in [4.69, 9.17) is 0 Å². The topological polar surface area (TPSA) is 51.2 Å². The summed E-state index contributed by atoms with van der Waals surface area (Å²) in [6, 6.07) is 15.0. The van der Waals surface area contributed by atoms with Crippen molar-refractivity contribution in [1.82, 2.24) is 4.98 Å². The van der Waals surface area contributed by atoms with Gasteiger partial charge >= 0.3 is 6.61 Å². The Kier molecular flexibility index (Phi) is 4.37. The molecule has 0 saturated heterocycles. The molecular weight excluding hydrogens is 314 g/mol. The molecule has 6 heteroatoms. The fraction of sp³-hybridized carbons (Fsp3) is 0.111. The second kappa shape index (κ2) is 6.62. The second-order valence-electron chi connectivity index (χ2n) is 5.16. The van der Waals surface area contributed by atoms with Crippen LogP contribution in [-0.2, 0) is 0 Å². The van der Waals surface area contributed by atoms with Crippen molar-refractivity contribution in [3.8, 4) is 5.75 Å². The molecule has 1 heterocycles. The van der Waals surface area contributed by atoms with Gasteiger partial charge in [-0.1, -0.05) is 30.3 Å². The number of aryl methyl sites for hydroxylation is 1. The number of carbonyl (C=O) groups excluding carboxylic acids is 1. The summed E-state index contributed by atoms with van der Waals surface area (Å²) in [7, 11) is 0. The Morgan fingerprint density at radius 2 is 1.83 bits per heavy atom. The quantitative estimate of drug-likeness (QED) is 0.772. The van der Waals surface area contributed by atoms with Crippen LogP contribution in [0.3, 0.4) is 0 Å². The van der Waals surface area contributed by atoms with E-state index in [1.54, 1.807) is 31.2 Å². The maximum absolute atomic E-state index is 12.6. The molecule has 1 aromatic heterocycles. The monoisotopic (exact) mass is 328 g/mol. The number of rotatable bonds is 4. The van der Waals surface area contributed by atoms with E-state index in [-0.39, 0.29) is 11.4 Å². The first-order valence-electron chi connectivity index (χ1n) is 7.26. The normalized spacial score (nSPS) is 10.8. The fourth-order valence-corrected chi connectivity index (χ4v) is 2.45. The first-order valence-corrected chi connectivity index (χ1v) is 7.26. The number of benzene rings is 2. The lowest BCUT2D eigenvalue weighted by Gasteiger charge is -2.13. The minimum absolute atomic E-state index is 0.0871. The van der Waals surface area contributed by atoms with E-state index in [9.17, 15) is 13.6 Å². The first kappa shape index (κ1) is 15.9. The number of carbonyl (C=O) groups is 1. The number of para-hydroxylation sites is 3. The highest BCUT2D eigenvalue weighted by molar-refractivity contribution is 6.12. The molecule has 0 fully saturated rings. The highest BCUT2D eigenvalue weighted by Gasteiger charge is 2.15. The van der Waals surface area contributed by atoms with E-state index in [2.05, 4.69) is 15.0 Å². The summed E-state index contributed by atoms with van der Waals surface area (Å²) in [6.45, 7) is -1.18. The van der Waals surface area contributed by atoms with E-state index < -0.39 is 12.5 Å². The van der Waals surface area contributed by atoms with Gasteiger partial charge in [-0.05, 0) is 31.2 Å². The Morgan fingerprint density at radius 1 is 1.12 bits per heavy atom. The lowest BCUT2D eigenvalue weighted by Crippen LogP contribution is -2.15. The first-order chi connectivity index (χ1) is 11.5. The van der Waals surface area contributed by atoms with Crippen molar-refractivity contribution < 1.29 is 18.3 Å². The summed E-state index contributed by atoms with van der Waals surface area (Å²) in [6.07, 6.45) is 0. The summed E-state index contributed by atoms with van der Waals surface area (Å²) >= 11 is 0. The number of anilines is 1. The second-order valence-corrected chi connectivity index (χ2v) is 5.16.